The summed E-state index contributed by atoms with van der Waals surface area (Å²) in [5.41, 5.74) is 0.618. The highest BCUT2D eigenvalue weighted by molar-refractivity contribution is 5.95. The molecule has 0 saturated carbocycles. The first-order chi connectivity index (χ1) is 7.29. The average Bonchev–Trinajstić information content (AvgIpc) is 2.53. The highest BCUT2D eigenvalue weighted by atomic mass is 16.3. The molecule has 0 saturated heterocycles. The smallest absolute Gasteiger partial charge is 0.223 e. The van der Waals surface area contributed by atoms with Crippen molar-refractivity contribution in [2.45, 2.75) is 6.54 Å². The van der Waals surface area contributed by atoms with Crippen molar-refractivity contribution in [2.24, 2.45) is 5.18 Å². The maximum absolute atomic E-state index is 10.6. The molecule has 0 atom stereocenters. The van der Waals surface area contributed by atoms with E-state index in [0.717, 1.165) is 0 Å². The maximum Gasteiger partial charge on any atom is 0.223 e. The molecular formula is C10H7N3O2. The van der Waals surface area contributed by atoms with Crippen molar-refractivity contribution in [2.75, 3.05) is 0 Å². The molecule has 2 rings (SSSR count). The molecule has 1 heterocycles. The lowest BCUT2D eigenvalue weighted by molar-refractivity contribution is 0.432. The first kappa shape index (κ1) is 9.21. The molecule has 0 unspecified atom stereocenters. The van der Waals surface area contributed by atoms with Crippen molar-refractivity contribution >= 4 is 16.6 Å². The number of benzene rings is 1. The van der Waals surface area contributed by atoms with E-state index in [0.29, 0.717) is 10.9 Å². The quantitative estimate of drug-likeness (QED) is 0.757. The Bertz CT molecular complexity index is 566. The summed E-state index contributed by atoms with van der Waals surface area (Å²) in [7, 11) is 0. The number of aromatic hydroxyl groups is 1. The number of hydrogen-bond acceptors (Lipinski definition) is 4. The van der Waals surface area contributed by atoms with E-state index in [1.807, 2.05) is 6.07 Å². The van der Waals surface area contributed by atoms with Gasteiger partial charge in [0.1, 0.15) is 6.54 Å². The predicted molar refractivity (Wildman–Crippen MR) is 54.7 cm³/mol. The Morgan fingerprint density at radius 1 is 1.47 bits per heavy atom. The Balaban J connectivity index is 2.85. The molecule has 0 amide bonds. The normalized spacial score (nSPS) is 10.1. The van der Waals surface area contributed by atoms with Crippen LogP contribution in [0.1, 0.15) is 0 Å². The Hall–Kier alpha value is -2.35. The molecule has 0 aliphatic carbocycles. The lowest BCUT2D eigenvalue weighted by Gasteiger charge is -1.98. The summed E-state index contributed by atoms with van der Waals surface area (Å²) in [6, 6.07) is 8.83. The topological polar surface area (TPSA) is 78.4 Å². The molecule has 0 radical (unpaired) electrons. The zero-order chi connectivity index (χ0) is 10.8. The Morgan fingerprint density at radius 3 is 2.87 bits per heavy atom. The average molecular weight is 201 g/mol. The highest BCUT2D eigenvalue weighted by Gasteiger charge is 2.16. The van der Waals surface area contributed by atoms with Crippen LogP contribution in [0.25, 0.3) is 10.9 Å². The van der Waals surface area contributed by atoms with Crippen LogP contribution in [0.5, 0.6) is 5.88 Å². The van der Waals surface area contributed by atoms with E-state index in [2.05, 4.69) is 5.18 Å². The molecular weight excluding hydrogens is 194 g/mol. The van der Waals surface area contributed by atoms with Gasteiger partial charge in [0.2, 0.25) is 5.88 Å². The van der Waals surface area contributed by atoms with Crippen LogP contribution in [-0.4, -0.2) is 9.67 Å². The molecule has 0 aliphatic rings. The Kier molecular flexibility index (Phi) is 2.10. The molecule has 1 N–H and O–H groups in total. The number of para-hydroxylation sites is 1. The number of nitriles is 1. The van der Waals surface area contributed by atoms with Crippen LogP contribution < -0.4 is 0 Å². The van der Waals surface area contributed by atoms with Gasteiger partial charge in [0.15, 0.2) is 5.69 Å². The van der Waals surface area contributed by atoms with Crippen molar-refractivity contribution in [3.8, 4) is 11.9 Å². The third-order valence-corrected chi connectivity index (χ3v) is 2.24. The van der Waals surface area contributed by atoms with E-state index in [1.54, 1.807) is 24.3 Å². The zero-order valence-corrected chi connectivity index (χ0v) is 7.71. The van der Waals surface area contributed by atoms with E-state index in [4.69, 9.17) is 5.26 Å². The van der Waals surface area contributed by atoms with Crippen molar-refractivity contribution < 1.29 is 5.11 Å². The summed E-state index contributed by atoms with van der Waals surface area (Å²) in [4.78, 5) is 10.6. The highest BCUT2D eigenvalue weighted by Crippen LogP contribution is 2.37. The third kappa shape index (κ3) is 1.23. The molecule has 5 nitrogen and oxygen atoms in total. The van der Waals surface area contributed by atoms with Gasteiger partial charge in [-0.2, -0.15) is 5.26 Å². The monoisotopic (exact) mass is 201 g/mol. The van der Waals surface area contributed by atoms with Crippen LogP contribution in [-0.2, 0) is 6.54 Å². The SMILES string of the molecule is N#CCn1c(O)c(N=O)c2ccccc21. The number of nitroso groups, excluding NO2 is 1. The fraction of sp³-hybridized carbons (Fsp3) is 0.100. The fourth-order valence-electron chi connectivity index (χ4n) is 1.59. The van der Waals surface area contributed by atoms with Gasteiger partial charge in [-0.15, -0.1) is 4.91 Å². The molecule has 74 valence electrons. The molecule has 2 aromatic rings. The van der Waals surface area contributed by atoms with Gasteiger partial charge in [0.05, 0.1) is 11.6 Å². The van der Waals surface area contributed by atoms with Crippen molar-refractivity contribution in [1.29, 1.82) is 5.26 Å². The molecule has 15 heavy (non-hydrogen) atoms. The largest absolute Gasteiger partial charge is 0.493 e. The van der Waals surface area contributed by atoms with Gasteiger partial charge in [0, 0.05) is 5.39 Å². The van der Waals surface area contributed by atoms with E-state index in [-0.39, 0.29) is 18.1 Å². The van der Waals surface area contributed by atoms with Gasteiger partial charge < -0.3 is 5.11 Å². The second kappa shape index (κ2) is 3.42. The summed E-state index contributed by atoms with van der Waals surface area (Å²) in [6.45, 7) is -0.0120. The van der Waals surface area contributed by atoms with Crippen LogP contribution >= 0.6 is 0 Å². The second-order valence-electron chi connectivity index (χ2n) is 3.02. The second-order valence-corrected chi connectivity index (χ2v) is 3.02. The van der Waals surface area contributed by atoms with Crippen molar-refractivity contribution in [3.63, 3.8) is 0 Å². The molecule has 0 bridgehead atoms. The summed E-state index contributed by atoms with van der Waals surface area (Å²) in [5, 5.41) is 21.6. The van der Waals surface area contributed by atoms with Crippen LogP contribution in [0.2, 0.25) is 0 Å². The minimum absolute atomic E-state index is 0.0120. The van der Waals surface area contributed by atoms with Gasteiger partial charge in [-0.05, 0) is 11.2 Å². The van der Waals surface area contributed by atoms with Crippen LogP contribution in [0, 0.1) is 16.2 Å². The van der Waals surface area contributed by atoms with E-state index in [9.17, 15) is 10.0 Å². The van der Waals surface area contributed by atoms with Crippen LogP contribution in [0.4, 0.5) is 5.69 Å². The number of hydrogen-bond donors (Lipinski definition) is 1. The summed E-state index contributed by atoms with van der Waals surface area (Å²) in [5.74, 6) is -0.257. The number of aromatic nitrogens is 1. The molecule has 1 aromatic heterocycles. The fourth-order valence-corrected chi connectivity index (χ4v) is 1.59. The van der Waals surface area contributed by atoms with Crippen LogP contribution in [0.3, 0.4) is 0 Å². The molecule has 0 aliphatic heterocycles. The zero-order valence-electron chi connectivity index (χ0n) is 7.71. The van der Waals surface area contributed by atoms with Gasteiger partial charge in [-0.25, -0.2) is 0 Å². The minimum Gasteiger partial charge on any atom is -0.493 e. The molecule has 0 fully saturated rings. The Labute approximate surface area is 85.1 Å². The maximum atomic E-state index is 10.6. The number of nitrogens with zero attached hydrogens (tertiary/aromatic N) is 3. The van der Waals surface area contributed by atoms with E-state index in [1.165, 1.54) is 4.57 Å². The van der Waals surface area contributed by atoms with Gasteiger partial charge in [-0.1, -0.05) is 18.2 Å². The number of fused-ring (bicyclic) bond motifs is 1. The minimum atomic E-state index is -0.257. The summed E-state index contributed by atoms with van der Waals surface area (Å²) >= 11 is 0. The first-order valence-electron chi connectivity index (χ1n) is 4.30. The number of rotatable bonds is 2. The lowest BCUT2D eigenvalue weighted by atomic mass is 10.2. The van der Waals surface area contributed by atoms with Crippen molar-refractivity contribution in [3.05, 3.63) is 29.2 Å². The first-order valence-corrected chi connectivity index (χ1v) is 4.30. The Morgan fingerprint density at radius 2 is 2.20 bits per heavy atom. The van der Waals surface area contributed by atoms with Crippen molar-refractivity contribution in [1.82, 2.24) is 4.57 Å². The van der Waals surface area contributed by atoms with Gasteiger partial charge in [-0.3, -0.25) is 4.57 Å². The van der Waals surface area contributed by atoms with E-state index < -0.39 is 0 Å². The lowest BCUT2D eigenvalue weighted by Crippen LogP contribution is -1.93. The summed E-state index contributed by atoms with van der Waals surface area (Å²) in [6.07, 6.45) is 0. The standard InChI is InChI=1S/C10H7N3O2/c11-5-6-13-8-4-2-1-3-7(8)9(12-15)10(13)14/h1-4,14H,6H2. The van der Waals surface area contributed by atoms with Gasteiger partial charge in [0.25, 0.3) is 0 Å². The molecule has 0 spiro atoms. The van der Waals surface area contributed by atoms with E-state index >= 15 is 0 Å². The third-order valence-electron chi connectivity index (χ3n) is 2.24. The van der Waals surface area contributed by atoms with Crippen LogP contribution in [0.15, 0.2) is 29.4 Å². The molecule has 5 heteroatoms. The predicted octanol–water partition coefficient (Wildman–Crippen LogP) is 2.27. The van der Waals surface area contributed by atoms with Gasteiger partial charge >= 0.3 is 0 Å². The summed E-state index contributed by atoms with van der Waals surface area (Å²) < 4.78 is 1.35. The molecule has 1 aromatic carbocycles.